The van der Waals surface area contributed by atoms with Gasteiger partial charge in [0, 0.05) is 6.61 Å². The quantitative estimate of drug-likeness (QED) is 0.107. The van der Waals surface area contributed by atoms with Gasteiger partial charge in [0.15, 0.2) is 0 Å². The number of carboxylic acid groups (broad SMARTS) is 1. The third-order valence-corrected chi connectivity index (χ3v) is 17.3. The molecule has 0 amide bonds. The fourth-order valence-corrected chi connectivity index (χ4v) is 13.8. The number of allylic oxidation sites excluding steroid dienone is 2. The predicted octanol–water partition coefficient (Wildman–Crippen LogP) is 14.5. The van der Waals surface area contributed by atoms with E-state index in [1.165, 1.54) is 128 Å². The van der Waals surface area contributed by atoms with E-state index >= 15 is 0 Å². The second-order valence-electron chi connectivity index (χ2n) is 21.2. The summed E-state index contributed by atoms with van der Waals surface area (Å²) in [6.45, 7) is 21.0. The second kappa shape index (κ2) is 16.9. The molecule has 8 atom stereocenters. The molecule has 294 valence electrons. The first-order valence-electron chi connectivity index (χ1n) is 22.7. The fourth-order valence-electron chi connectivity index (χ4n) is 13.8. The lowest BCUT2D eigenvalue weighted by Crippen LogP contribution is -2.65. The molecule has 1 N–H and O–H groups in total. The smallest absolute Gasteiger partial charge is 0.310 e. The van der Waals surface area contributed by atoms with Crippen LogP contribution in [0.1, 0.15) is 222 Å². The molecule has 3 nitrogen and oxygen atoms in total. The number of fused-ring (bicyclic) bond motifs is 7. The number of hydrogen-bond donors (Lipinski definition) is 1. The van der Waals surface area contributed by atoms with Gasteiger partial charge in [-0.3, -0.25) is 4.79 Å². The van der Waals surface area contributed by atoms with Gasteiger partial charge < -0.3 is 9.84 Å². The number of carboxylic acids is 1. The first-order valence-corrected chi connectivity index (χ1v) is 22.7. The van der Waals surface area contributed by atoms with Gasteiger partial charge in [-0.2, -0.15) is 0 Å². The summed E-state index contributed by atoms with van der Waals surface area (Å²) in [5.41, 5.74) is 2.06. The maximum Gasteiger partial charge on any atom is 0.310 e. The van der Waals surface area contributed by atoms with Crippen molar-refractivity contribution < 1.29 is 14.6 Å². The van der Waals surface area contributed by atoms with Crippen molar-refractivity contribution in [2.24, 2.45) is 50.2 Å². The molecule has 0 radical (unpaired) electrons. The van der Waals surface area contributed by atoms with Crippen molar-refractivity contribution in [3.8, 4) is 0 Å². The molecule has 0 heterocycles. The minimum absolute atomic E-state index is 0.103. The van der Waals surface area contributed by atoms with Crippen LogP contribution in [0.15, 0.2) is 11.6 Å². The normalized spacial score (nSPS) is 38.2. The molecule has 5 aliphatic carbocycles. The lowest BCUT2D eigenvalue weighted by Gasteiger charge is -2.71. The monoisotopic (exact) mass is 709 g/mol. The lowest BCUT2D eigenvalue weighted by atomic mass is 9.33. The Morgan fingerprint density at radius 3 is 1.80 bits per heavy atom. The van der Waals surface area contributed by atoms with Gasteiger partial charge >= 0.3 is 5.97 Å². The minimum atomic E-state index is -0.547. The van der Waals surface area contributed by atoms with Gasteiger partial charge in [-0.15, -0.1) is 0 Å². The Morgan fingerprint density at radius 1 is 0.686 bits per heavy atom. The van der Waals surface area contributed by atoms with Crippen LogP contribution >= 0.6 is 0 Å². The van der Waals surface area contributed by atoms with Gasteiger partial charge in [-0.05, 0) is 115 Å². The first-order chi connectivity index (χ1) is 24.2. The molecule has 0 bridgehead atoms. The van der Waals surface area contributed by atoms with E-state index in [0.29, 0.717) is 23.4 Å². The summed E-state index contributed by atoms with van der Waals surface area (Å²) < 4.78 is 6.82. The van der Waals surface area contributed by atoms with Gasteiger partial charge in [-0.1, -0.05) is 163 Å². The Morgan fingerprint density at radius 2 is 1.24 bits per heavy atom. The number of rotatable bonds is 19. The predicted molar refractivity (Wildman–Crippen MR) is 216 cm³/mol. The van der Waals surface area contributed by atoms with Gasteiger partial charge in [-0.25, -0.2) is 0 Å². The molecule has 0 saturated heterocycles. The van der Waals surface area contributed by atoms with E-state index < -0.39 is 11.4 Å². The molecule has 4 saturated carbocycles. The molecular weight excluding hydrogens is 625 g/mol. The average Bonchev–Trinajstić information content (AvgIpc) is 3.07. The van der Waals surface area contributed by atoms with Crippen molar-refractivity contribution >= 4 is 5.97 Å². The molecule has 0 aromatic rings. The molecule has 5 aliphatic rings. The Hall–Kier alpha value is -0.830. The zero-order chi connectivity index (χ0) is 37.0. The largest absolute Gasteiger partial charge is 0.481 e. The van der Waals surface area contributed by atoms with Gasteiger partial charge in [0.25, 0.3) is 0 Å². The number of ether oxygens (including phenoxy) is 1. The van der Waals surface area contributed by atoms with Crippen LogP contribution in [0.3, 0.4) is 0 Å². The van der Waals surface area contributed by atoms with Gasteiger partial charge in [0.1, 0.15) is 0 Å². The number of aliphatic carboxylic acids is 1. The molecular formula is C48H84O3. The molecule has 0 aromatic carbocycles. The van der Waals surface area contributed by atoms with Gasteiger partial charge in [0.05, 0.1) is 11.5 Å². The summed E-state index contributed by atoms with van der Waals surface area (Å²) >= 11 is 0. The van der Waals surface area contributed by atoms with E-state index in [4.69, 9.17) is 4.74 Å². The summed E-state index contributed by atoms with van der Waals surface area (Å²) in [6, 6.07) is 0. The van der Waals surface area contributed by atoms with Gasteiger partial charge in [0.2, 0.25) is 0 Å². The lowest BCUT2D eigenvalue weighted by molar-refractivity contribution is -0.213. The van der Waals surface area contributed by atoms with E-state index in [9.17, 15) is 9.90 Å². The Kier molecular flexibility index (Phi) is 13.7. The van der Waals surface area contributed by atoms with Crippen LogP contribution in [0.5, 0.6) is 0 Å². The summed E-state index contributed by atoms with van der Waals surface area (Å²) in [7, 11) is 0. The van der Waals surface area contributed by atoms with E-state index in [1.807, 2.05) is 0 Å². The van der Waals surface area contributed by atoms with Crippen LogP contribution in [0.25, 0.3) is 0 Å². The zero-order valence-corrected chi connectivity index (χ0v) is 35.2. The molecule has 4 fully saturated rings. The molecule has 3 heteroatoms. The first kappa shape index (κ1) is 41.3. The van der Waals surface area contributed by atoms with Crippen LogP contribution in [0, 0.1) is 50.2 Å². The highest BCUT2D eigenvalue weighted by molar-refractivity contribution is 5.76. The van der Waals surface area contributed by atoms with Crippen molar-refractivity contribution in [1.29, 1.82) is 0 Å². The number of carbonyl (C=O) groups is 1. The van der Waals surface area contributed by atoms with Crippen LogP contribution in [-0.4, -0.2) is 23.8 Å². The highest BCUT2D eigenvalue weighted by Crippen LogP contribution is 2.75. The van der Waals surface area contributed by atoms with E-state index in [1.54, 1.807) is 5.57 Å². The van der Waals surface area contributed by atoms with Crippen molar-refractivity contribution in [2.45, 2.75) is 228 Å². The van der Waals surface area contributed by atoms with Crippen molar-refractivity contribution in [3.05, 3.63) is 11.6 Å². The third-order valence-electron chi connectivity index (χ3n) is 17.3. The van der Waals surface area contributed by atoms with Crippen molar-refractivity contribution in [2.75, 3.05) is 6.61 Å². The summed E-state index contributed by atoms with van der Waals surface area (Å²) in [6.07, 6.45) is 36.6. The highest BCUT2D eigenvalue weighted by Gasteiger charge is 2.69. The fraction of sp³-hybridized carbons (Fsp3) is 0.938. The van der Waals surface area contributed by atoms with Crippen molar-refractivity contribution in [3.63, 3.8) is 0 Å². The maximum atomic E-state index is 13.0. The van der Waals surface area contributed by atoms with E-state index in [0.717, 1.165) is 45.1 Å². The summed E-state index contributed by atoms with van der Waals surface area (Å²) in [5, 5.41) is 10.7. The Bertz CT molecular complexity index is 1170. The van der Waals surface area contributed by atoms with Crippen LogP contribution in [-0.2, 0) is 9.53 Å². The SMILES string of the molecule is CCCCCCCCCCCCCCCCCCO[C@H]1CC[C@]2(C)[C@H]3CC=C4[C@@H]5CC(C)(C)CC[C@]5(C(=O)O)CC[C@@]4(C)[C@]3(C)CC[C@H]2C1(C)C. The van der Waals surface area contributed by atoms with Crippen LogP contribution in [0.4, 0.5) is 0 Å². The Labute approximate surface area is 316 Å². The maximum absolute atomic E-state index is 13.0. The molecule has 0 unspecified atom stereocenters. The van der Waals surface area contributed by atoms with Crippen molar-refractivity contribution in [1.82, 2.24) is 0 Å². The molecule has 0 spiro atoms. The summed E-state index contributed by atoms with van der Waals surface area (Å²) in [5.74, 6) is 1.02. The summed E-state index contributed by atoms with van der Waals surface area (Å²) in [4.78, 5) is 13.0. The second-order valence-corrected chi connectivity index (χ2v) is 21.2. The van der Waals surface area contributed by atoms with Crippen LogP contribution < -0.4 is 0 Å². The molecule has 0 aliphatic heterocycles. The van der Waals surface area contributed by atoms with Crippen LogP contribution in [0.2, 0.25) is 0 Å². The molecule has 0 aromatic heterocycles. The number of hydrogen-bond acceptors (Lipinski definition) is 2. The number of unbranched alkanes of at least 4 members (excludes halogenated alkanes) is 15. The van der Waals surface area contributed by atoms with E-state index in [2.05, 4.69) is 61.5 Å². The molecule has 51 heavy (non-hydrogen) atoms. The third kappa shape index (κ3) is 8.25. The minimum Gasteiger partial charge on any atom is -0.481 e. The standard InChI is InChI=1S/C48H84O3/c1-9-10-11-12-13-14-15-16-17-18-19-20-21-22-23-24-35-51-41-28-29-45(6)39(44(41,4)5)27-30-47(8)40(45)26-25-37-38-36-43(2,3)31-33-48(38,42(49)50)34-32-46(37,47)7/h25,38-41H,9-24,26-36H2,1-8H3,(H,49,50)/t38-,39-,40+,41-,45-,46+,47+,48-/m0/s1. The average molecular weight is 709 g/mol. The highest BCUT2D eigenvalue weighted by atomic mass is 16.5. The zero-order valence-electron chi connectivity index (χ0n) is 35.2. The molecule has 5 rings (SSSR count). The Balaban J connectivity index is 1.07. The van der Waals surface area contributed by atoms with E-state index in [-0.39, 0.29) is 27.6 Å². The topological polar surface area (TPSA) is 46.5 Å².